The van der Waals surface area contributed by atoms with Crippen molar-refractivity contribution >= 4 is 16.6 Å². The molecule has 0 atom stereocenters. The second-order valence-electron chi connectivity index (χ2n) is 3.22. The molecule has 3 aromatic rings. The molecule has 0 bridgehead atoms. The SMILES string of the molecule is O=c1[nH]c2ccccc2c(=O)n2nnnc12. The Bertz CT molecular complexity index is 804. The fourth-order valence-electron chi connectivity index (χ4n) is 1.54. The van der Waals surface area contributed by atoms with E-state index in [1.807, 2.05) is 0 Å². The molecular formula is C9H5N5O2. The van der Waals surface area contributed by atoms with Crippen LogP contribution >= 0.6 is 0 Å². The Morgan fingerprint density at radius 3 is 2.88 bits per heavy atom. The van der Waals surface area contributed by atoms with Gasteiger partial charge in [0.2, 0.25) is 5.65 Å². The molecule has 0 saturated carbocycles. The van der Waals surface area contributed by atoms with Crippen LogP contribution in [0.15, 0.2) is 33.9 Å². The van der Waals surface area contributed by atoms with Gasteiger partial charge in [0.05, 0.1) is 10.9 Å². The average molecular weight is 215 g/mol. The predicted octanol–water partition coefficient (Wildman–Crippen LogP) is -0.674. The smallest absolute Gasteiger partial charge is 0.295 e. The lowest BCUT2D eigenvalue weighted by atomic mass is 10.2. The summed E-state index contributed by atoms with van der Waals surface area (Å²) in [4.78, 5) is 26.2. The zero-order valence-electron chi connectivity index (χ0n) is 7.91. The zero-order valence-corrected chi connectivity index (χ0v) is 7.91. The van der Waals surface area contributed by atoms with Gasteiger partial charge in [0.25, 0.3) is 11.1 Å². The molecule has 0 radical (unpaired) electrons. The quantitative estimate of drug-likeness (QED) is 0.536. The first kappa shape index (κ1) is 8.72. The van der Waals surface area contributed by atoms with E-state index in [-0.39, 0.29) is 5.65 Å². The van der Waals surface area contributed by atoms with Gasteiger partial charge in [-0.15, -0.1) is 9.61 Å². The molecule has 0 unspecified atom stereocenters. The van der Waals surface area contributed by atoms with Crippen LogP contribution in [0, 0.1) is 0 Å². The molecule has 2 heterocycles. The molecule has 7 heteroatoms. The lowest BCUT2D eigenvalue weighted by molar-refractivity contribution is 0.809. The van der Waals surface area contributed by atoms with Crippen molar-refractivity contribution in [2.75, 3.05) is 0 Å². The van der Waals surface area contributed by atoms with Gasteiger partial charge in [0.1, 0.15) is 0 Å². The van der Waals surface area contributed by atoms with Crippen molar-refractivity contribution in [3.63, 3.8) is 0 Å². The van der Waals surface area contributed by atoms with Crippen molar-refractivity contribution in [3.8, 4) is 0 Å². The number of rotatable bonds is 0. The molecule has 0 aliphatic carbocycles. The van der Waals surface area contributed by atoms with E-state index in [9.17, 15) is 9.59 Å². The van der Waals surface area contributed by atoms with Gasteiger partial charge in [-0.05, 0) is 22.6 Å². The lowest BCUT2D eigenvalue weighted by Crippen LogP contribution is -2.14. The minimum atomic E-state index is -0.497. The van der Waals surface area contributed by atoms with Crippen LogP contribution in [0.5, 0.6) is 0 Å². The normalized spacial score (nSPS) is 11.0. The molecule has 78 valence electrons. The highest BCUT2D eigenvalue weighted by molar-refractivity contribution is 5.77. The summed E-state index contributed by atoms with van der Waals surface area (Å²) in [6.07, 6.45) is 0. The van der Waals surface area contributed by atoms with Gasteiger partial charge in [-0.3, -0.25) is 9.59 Å². The Morgan fingerprint density at radius 2 is 2.00 bits per heavy atom. The molecule has 1 N–H and O–H groups in total. The number of fused-ring (bicyclic) bond motifs is 2. The summed E-state index contributed by atoms with van der Waals surface area (Å²) in [5, 5.41) is 10.7. The minimum absolute atomic E-state index is 0.110. The number of tetrazole rings is 1. The molecule has 0 fully saturated rings. The van der Waals surface area contributed by atoms with E-state index in [1.54, 1.807) is 24.3 Å². The number of hydrogen-bond donors (Lipinski definition) is 1. The average Bonchev–Trinajstić information content (AvgIpc) is 2.74. The first-order chi connectivity index (χ1) is 7.77. The van der Waals surface area contributed by atoms with Crippen molar-refractivity contribution in [3.05, 3.63) is 45.0 Å². The predicted molar refractivity (Wildman–Crippen MR) is 55.2 cm³/mol. The minimum Gasteiger partial charge on any atom is -0.318 e. The van der Waals surface area contributed by atoms with Gasteiger partial charge >= 0.3 is 0 Å². The van der Waals surface area contributed by atoms with Crippen LogP contribution in [0.25, 0.3) is 16.6 Å². The number of hydrogen-bond acceptors (Lipinski definition) is 5. The standard InChI is InChI=1S/C9H5N5O2/c15-8-7-11-12-13-14(7)9(16)5-3-1-2-4-6(5)10-8/h1-4H,(H,10,15). The first-order valence-corrected chi connectivity index (χ1v) is 4.51. The molecule has 3 rings (SSSR count). The lowest BCUT2D eigenvalue weighted by Gasteiger charge is -1.87. The number of H-pyrrole nitrogens is 1. The summed E-state index contributed by atoms with van der Waals surface area (Å²) in [5.41, 5.74) is -0.580. The number of nitrogens with zero attached hydrogens (tertiary/aromatic N) is 4. The fraction of sp³-hybridized carbons (Fsp3) is 0. The van der Waals surface area contributed by atoms with Crippen LogP contribution in [-0.4, -0.2) is 25.0 Å². The highest BCUT2D eigenvalue weighted by Crippen LogP contribution is 2.02. The third kappa shape index (κ3) is 1.05. The molecule has 0 saturated heterocycles. The van der Waals surface area contributed by atoms with E-state index >= 15 is 0 Å². The van der Waals surface area contributed by atoms with Gasteiger partial charge in [-0.2, -0.15) is 0 Å². The van der Waals surface area contributed by atoms with Crippen LogP contribution in [0.1, 0.15) is 0 Å². The first-order valence-electron chi connectivity index (χ1n) is 4.51. The van der Waals surface area contributed by atoms with Crippen LogP contribution in [-0.2, 0) is 0 Å². The van der Waals surface area contributed by atoms with E-state index in [1.165, 1.54) is 0 Å². The molecule has 16 heavy (non-hydrogen) atoms. The number of benzene rings is 1. The Morgan fingerprint density at radius 1 is 1.19 bits per heavy atom. The molecule has 2 aromatic heterocycles. The third-order valence-electron chi connectivity index (χ3n) is 2.27. The van der Waals surface area contributed by atoms with Crippen LogP contribution < -0.4 is 11.1 Å². The van der Waals surface area contributed by atoms with Crippen molar-refractivity contribution in [2.24, 2.45) is 0 Å². The second kappa shape index (κ2) is 2.96. The summed E-state index contributed by atoms with van der Waals surface area (Å²) in [7, 11) is 0. The number of para-hydroxylation sites is 1. The Balaban J connectivity index is 2.80. The molecule has 1 aromatic carbocycles. The van der Waals surface area contributed by atoms with Crippen molar-refractivity contribution in [1.29, 1.82) is 0 Å². The maximum atomic E-state index is 12.0. The van der Waals surface area contributed by atoms with E-state index in [0.717, 1.165) is 4.52 Å². The van der Waals surface area contributed by atoms with E-state index < -0.39 is 11.1 Å². The fourth-order valence-corrected chi connectivity index (χ4v) is 1.54. The molecule has 7 nitrogen and oxygen atoms in total. The topological polar surface area (TPSA) is 93.0 Å². The summed E-state index contributed by atoms with van der Waals surface area (Å²) in [6.45, 7) is 0. The maximum absolute atomic E-state index is 12.0. The molecule has 0 spiro atoms. The highest BCUT2D eigenvalue weighted by atomic mass is 16.1. The largest absolute Gasteiger partial charge is 0.318 e. The monoisotopic (exact) mass is 215 g/mol. The van der Waals surface area contributed by atoms with Crippen LogP contribution in [0.3, 0.4) is 0 Å². The maximum Gasteiger partial charge on any atom is 0.295 e. The van der Waals surface area contributed by atoms with E-state index in [0.29, 0.717) is 10.9 Å². The highest BCUT2D eigenvalue weighted by Gasteiger charge is 2.07. The number of aromatic amines is 1. The van der Waals surface area contributed by atoms with Gasteiger partial charge < -0.3 is 4.98 Å². The summed E-state index contributed by atoms with van der Waals surface area (Å²) >= 11 is 0. The summed E-state index contributed by atoms with van der Waals surface area (Å²) < 4.78 is 0.890. The summed E-state index contributed by atoms with van der Waals surface area (Å²) in [6, 6.07) is 6.68. The van der Waals surface area contributed by atoms with Gasteiger partial charge in [-0.25, -0.2) is 0 Å². The molecule has 0 aliphatic heterocycles. The molecule has 0 aliphatic rings. The van der Waals surface area contributed by atoms with Gasteiger partial charge in [-0.1, -0.05) is 12.1 Å². The van der Waals surface area contributed by atoms with Crippen molar-refractivity contribution < 1.29 is 0 Å². The van der Waals surface area contributed by atoms with E-state index in [4.69, 9.17) is 0 Å². The number of nitrogens with one attached hydrogen (secondary N) is 1. The van der Waals surface area contributed by atoms with Crippen LogP contribution in [0.4, 0.5) is 0 Å². The Labute approximate surface area is 87.3 Å². The van der Waals surface area contributed by atoms with Gasteiger partial charge in [0, 0.05) is 0 Å². The Hall–Kier alpha value is -2.57. The molecular weight excluding hydrogens is 210 g/mol. The van der Waals surface area contributed by atoms with Gasteiger partial charge in [0.15, 0.2) is 0 Å². The van der Waals surface area contributed by atoms with Crippen molar-refractivity contribution in [2.45, 2.75) is 0 Å². The Kier molecular flexibility index (Phi) is 1.61. The van der Waals surface area contributed by atoms with E-state index in [2.05, 4.69) is 20.5 Å². The second-order valence-corrected chi connectivity index (χ2v) is 3.22. The number of aromatic nitrogens is 5. The summed E-state index contributed by atoms with van der Waals surface area (Å²) in [5.74, 6) is 0. The van der Waals surface area contributed by atoms with Crippen LogP contribution in [0.2, 0.25) is 0 Å². The molecule has 0 amide bonds. The third-order valence-corrected chi connectivity index (χ3v) is 2.27. The zero-order chi connectivity index (χ0) is 11.1. The van der Waals surface area contributed by atoms with Crippen molar-refractivity contribution in [1.82, 2.24) is 25.0 Å².